The molecular formula is C42H27N5. The molecule has 0 spiro atoms. The number of nitriles is 3. The molecule has 7 aromatic rings. The molecular weight excluding hydrogens is 574 g/mol. The number of aromatic nitrogens is 1. The SMILES string of the molecule is CC1(C)c2ccccc2N(c2cc(-c3cccc(C#N)c3-n3c4ccccc4c4cc(C#N)ccc43)ccc2C#N)c2ccccc21. The molecule has 5 nitrogen and oxygen atoms in total. The normalized spacial score (nSPS) is 13.0. The van der Waals surface area contributed by atoms with Gasteiger partial charge in [-0.2, -0.15) is 15.8 Å². The molecule has 0 N–H and O–H groups in total. The number of fused-ring (bicyclic) bond motifs is 5. The van der Waals surface area contributed by atoms with Gasteiger partial charge in [0, 0.05) is 21.8 Å². The van der Waals surface area contributed by atoms with E-state index in [-0.39, 0.29) is 5.41 Å². The quantitative estimate of drug-likeness (QED) is 0.202. The minimum Gasteiger partial charge on any atom is -0.309 e. The van der Waals surface area contributed by atoms with Crippen molar-refractivity contribution in [3.05, 3.63) is 155 Å². The van der Waals surface area contributed by atoms with E-state index in [0.29, 0.717) is 16.7 Å². The van der Waals surface area contributed by atoms with Crippen molar-refractivity contribution in [3.8, 4) is 35.0 Å². The second-order valence-electron chi connectivity index (χ2n) is 12.3. The Kier molecular flexibility index (Phi) is 6.23. The maximum absolute atomic E-state index is 10.5. The molecule has 0 amide bonds. The number of hydrogen-bond acceptors (Lipinski definition) is 4. The van der Waals surface area contributed by atoms with E-state index in [2.05, 4.69) is 90.1 Å². The zero-order valence-corrected chi connectivity index (χ0v) is 25.9. The van der Waals surface area contributed by atoms with Crippen LogP contribution in [-0.2, 0) is 5.41 Å². The van der Waals surface area contributed by atoms with Gasteiger partial charge in [-0.25, -0.2) is 0 Å². The third-order valence-electron chi connectivity index (χ3n) is 9.49. The van der Waals surface area contributed by atoms with Gasteiger partial charge in [0.1, 0.15) is 12.1 Å². The van der Waals surface area contributed by atoms with Gasteiger partial charge in [-0.15, -0.1) is 0 Å². The average Bonchev–Trinajstić information content (AvgIpc) is 3.44. The Labute approximate surface area is 273 Å². The fourth-order valence-electron chi connectivity index (χ4n) is 7.30. The molecule has 1 aliphatic heterocycles. The summed E-state index contributed by atoms with van der Waals surface area (Å²) in [5, 5.41) is 32.5. The highest BCUT2D eigenvalue weighted by atomic mass is 15.2. The largest absolute Gasteiger partial charge is 0.309 e. The second kappa shape index (κ2) is 10.5. The first-order chi connectivity index (χ1) is 23.0. The van der Waals surface area contributed by atoms with Crippen molar-refractivity contribution >= 4 is 38.9 Å². The standard InChI is InChI=1S/C42H27N5/c1-42(2)34-13-4-7-16-38(34)46(39-17-8-5-14-35(39)42)40-23-28(19-20-29(40)25-44)31-12-9-10-30(26-45)41(31)47-36-15-6-3-11-32(36)33-22-27(24-43)18-21-37(33)47/h3-23H,1-2H3. The van der Waals surface area contributed by atoms with E-state index in [1.165, 1.54) is 11.1 Å². The first kappa shape index (κ1) is 27.9. The van der Waals surface area contributed by atoms with E-state index < -0.39 is 0 Å². The smallest absolute Gasteiger partial charge is 0.101 e. The van der Waals surface area contributed by atoms with Crippen molar-refractivity contribution in [2.24, 2.45) is 0 Å². The van der Waals surface area contributed by atoms with Gasteiger partial charge in [0.25, 0.3) is 0 Å². The molecule has 8 rings (SSSR count). The number of hydrogen-bond donors (Lipinski definition) is 0. The van der Waals surface area contributed by atoms with Crippen LogP contribution in [-0.4, -0.2) is 4.57 Å². The van der Waals surface area contributed by atoms with Crippen molar-refractivity contribution in [2.75, 3.05) is 4.90 Å². The number of benzene rings is 6. The highest BCUT2D eigenvalue weighted by Crippen LogP contribution is 2.52. The maximum Gasteiger partial charge on any atom is 0.101 e. The summed E-state index contributed by atoms with van der Waals surface area (Å²) in [6, 6.07) is 49.4. The molecule has 0 saturated heterocycles. The van der Waals surface area contributed by atoms with Crippen molar-refractivity contribution in [2.45, 2.75) is 19.3 Å². The van der Waals surface area contributed by atoms with Crippen LogP contribution in [0.3, 0.4) is 0 Å². The molecule has 0 fully saturated rings. The average molecular weight is 602 g/mol. The van der Waals surface area contributed by atoms with Gasteiger partial charge in [-0.3, -0.25) is 0 Å². The molecule has 2 heterocycles. The van der Waals surface area contributed by atoms with Gasteiger partial charge >= 0.3 is 0 Å². The van der Waals surface area contributed by atoms with Crippen molar-refractivity contribution < 1.29 is 0 Å². The van der Waals surface area contributed by atoms with E-state index in [4.69, 9.17) is 0 Å². The molecule has 0 radical (unpaired) electrons. The summed E-state index contributed by atoms with van der Waals surface area (Å²) in [4.78, 5) is 2.20. The van der Waals surface area contributed by atoms with E-state index in [0.717, 1.165) is 55.7 Å². The van der Waals surface area contributed by atoms with Crippen LogP contribution in [0, 0.1) is 34.0 Å². The molecule has 47 heavy (non-hydrogen) atoms. The van der Waals surface area contributed by atoms with Crippen molar-refractivity contribution in [1.29, 1.82) is 15.8 Å². The number of anilines is 3. The summed E-state index contributed by atoms with van der Waals surface area (Å²) in [5.74, 6) is 0. The summed E-state index contributed by atoms with van der Waals surface area (Å²) in [5.41, 5.74) is 11.0. The fraction of sp³-hybridized carbons (Fsp3) is 0.0714. The fourth-order valence-corrected chi connectivity index (χ4v) is 7.30. The lowest BCUT2D eigenvalue weighted by atomic mass is 9.73. The molecule has 1 aliphatic rings. The zero-order chi connectivity index (χ0) is 32.3. The van der Waals surface area contributed by atoms with Gasteiger partial charge in [0.2, 0.25) is 0 Å². The molecule has 5 heteroatoms. The lowest BCUT2D eigenvalue weighted by molar-refractivity contribution is 0.632. The molecule has 0 unspecified atom stereocenters. The Morgan fingerprint density at radius 3 is 1.89 bits per heavy atom. The highest BCUT2D eigenvalue weighted by Gasteiger charge is 2.37. The van der Waals surface area contributed by atoms with E-state index in [1.807, 2.05) is 78.9 Å². The van der Waals surface area contributed by atoms with Gasteiger partial charge in [-0.1, -0.05) is 86.6 Å². The Bertz CT molecular complexity index is 2500. The van der Waals surface area contributed by atoms with Gasteiger partial charge in [0.15, 0.2) is 0 Å². The molecule has 0 saturated carbocycles. The number of rotatable bonds is 3. The molecule has 1 aromatic heterocycles. The second-order valence-corrected chi connectivity index (χ2v) is 12.3. The van der Waals surface area contributed by atoms with E-state index >= 15 is 0 Å². The van der Waals surface area contributed by atoms with Crippen LogP contribution >= 0.6 is 0 Å². The summed E-state index contributed by atoms with van der Waals surface area (Å²) in [7, 11) is 0. The first-order valence-corrected chi connectivity index (χ1v) is 15.5. The van der Waals surface area contributed by atoms with Crippen LogP contribution in [0.2, 0.25) is 0 Å². The Morgan fingerprint density at radius 1 is 0.532 bits per heavy atom. The maximum atomic E-state index is 10.5. The third kappa shape index (κ3) is 4.07. The summed E-state index contributed by atoms with van der Waals surface area (Å²) in [6.07, 6.45) is 0. The summed E-state index contributed by atoms with van der Waals surface area (Å²) in [6.45, 7) is 4.49. The minimum atomic E-state index is -0.232. The highest BCUT2D eigenvalue weighted by molar-refractivity contribution is 6.10. The Morgan fingerprint density at radius 2 is 1.19 bits per heavy atom. The van der Waals surface area contributed by atoms with Crippen molar-refractivity contribution in [1.82, 2.24) is 4.57 Å². The lowest BCUT2D eigenvalue weighted by Gasteiger charge is -2.42. The van der Waals surface area contributed by atoms with Crippen molar-refractivity contribution in [3.63, 3.8) is 0 Å². The molecule has 0 aliphatic carbocycles. The van der Waals surface area contributed by atoms with Crippen LogP contribution in [0.15, 0.2) is 127 Å². The van der Waals surface area contributed by atoms with Gasteiger partial charge < -0.3 is 9.47 Å². The van der Waals surface area contributed by atoms with E-state index in [1.54, 1.807) is 0 Å². The van der Waals surface area contributed by atoms with Crippen LogP contribution in [0.25, 0.3) is 38.6 Å². The third-order valence-corrected chi connectivity index (χ3v) is 9.49. The number of para-hydroxylation sites is 4. The number of nitrogens with zero attached hydrogens (tertiary/aromatic N) is 5. The zero-order valence-electron chi connectivity index (χ0n) is 25.9. The topological polar surface area (TPSA) is 79.5 Å². The van der Waals surface area contributed by atoms with Gasteiger partial charge in [-0.05, 0) is 71.3 Å². The van der Waals surface area contributed by atoms with Gasteiger partial charge in [0.05, 0.1) is 56.5 Å². The Hall–Kier alpha value is -6.61. The van der Waals surface area contributed by atoms with Crippen LogP contribution in [0.1, 0.15) is 41.7 Å². The monoisotopic (exact) mass is 601 g/mol. The summed E-state index contributed by atoms with van der Waals surface area (Å²) >= 11 is 0. The predicted octanol–water partition coefficient (Wildman–Crippen LogP) is 10.2. The predicted molar refractivity (Wildman–Crippen MR) is 187 cm³/mol. The van der Waals surface area contributed by atoms with Crippen LogP contribution in [0.4, 0.5) is 17.1 Å². The van der Waals surface area contributed by atoms with Crippen LogP contribution < -0.4 is 4.90 Å². The molecule has 0 atom stereocenters. The lowest BCUT2D eigenvalue weighted by Crippen LogP contribution is -2.30. The van der Waals surface area contributed by atoms with E-state index in [9.17, 15) is 15.8 Å². The molecule has 6 aromatic carbocycles. The summed E-state index contributed by atoms with van der Waals surface area (Å²) < 4.78 is 2.13. The Balaban J connectivity index is 1.42. The van der Waals surface area contributed by atoms with Crippen LogP contribution in [0.5, 0.6) is 0 Å². The first-order valence-electron chi connectivity index (χ1n) is 15.5. The minimum absolute atomic E-state index is 0.232. The molecule has 220 valence electrons. The molecule has 0 bridgehead atoms.